The number of nitrogens with zero attached hydrogens (tertiary/aromatic N) is 2. The van der Waals surface area contributed by atoms with Crippen molar-refractivity contribution < 1.29 is 4.74 Å². The van der Waals surface area contributed by atoms with Gasteiger partial charge in [-0.25, -0.2) is 0 Å². The molecule has 0 bridgehead atoms. The summed E-state index contributed by atoms with van der Waals surface area (Å²) in [5.41, 5.74) is 3.70. The smallest absolute Gasteiger partial charge is 0.0713 e. The van der Waals surface area contributed by atoms with E-state index in [1.54, 1.807) is 7.11 Å². The second-order valence-corrected chi connectivity index (χ2v) is 4.71. The molecule has 0 aliphatic carbocycles. The van der Waals surface area contributed by atoms with Crippen molar-refractivity contribution in [2.45, 2.75) is 26.6 Å². The quantitative estimate of drug-likeness (QED) is 0.774. The van der Waals surface area contributed by atoms with Crippen LogP contribution in [0.25, 0.3) is 0 Å². The van der Waals surface area contributed by atoms with Crippen molar-refractivity contribution in [1.82, 2.24) is 15.1 Å². The summed E-state index contributed by atoms with van der Waals surface area (Å²) in [7, 11) is 1.71. The third kappa shape index (κ3) is 4.50. The highest BCUT2D eigenvalue weighted by molar-refractivity contribution is 5.21. The summed E-state index contributed by atoms with van der Waals surface area (Å²) >= 11 is 0. The number of methoxy groups -OCH3 is 1. The predicted molar refractivity (Wildman–Crippen MR) is 75.8 cm³/mol. The topological polar surface area (TPSA) is 39.1 Å². The molecular formula is C15H21N3O. The molecule has 2 rings (SSSR count). The van der Waals surface area contributed by atoms with Crippen LogP contribution in [0.2, 0.25) is 0 Å². The lowest BCUT2D eigenvalue weighted by molar-refractivity contribution is 0.185. The van der Waals surface area contributed by atoms with Crippen molar-refractivity contribution in [2.24, 2.45) is 0 Å². The average Bonchev–Trinajstić information content (AvgIpc) is 2.83. The molecule has 4 nitrogen and oxygen atoms in total. The van der Waals surface area contributed by atoms with Gasteiger partial charge in [0.1, 0.15) is 0 Å². The van der Waals surface area contributed by atoms with Gasteiger partial charge in [-0.15, -0.1) is 0 Å². The molecule has 19 heavy (non-hydrogen) atoms. The van der Waals surface area contributed by atoms with Gasteiger partial charge in [0.2, 0.25) is 0 Å². The molecule has 1 aromatic carbocycles. The Bertz CT molecular complexity index is 490. The van der Waals surface area contributed by atoms with Crippen LogP contribution in [-0.4, -0.2) is 23.4 Å². The second kappa shape index (κ2) is 7.07. The van der Waals surface area contributed by atoms with Gasteiger partial charge in [-0.1, -0.05) is 24.3 Å². The maximum absolute atomic E-state index is 5.09. The predicted octanol–water partition coefficient (Wildman–Crippen LogP) is 2.13. The number of hydrogen-bond donors (Lipinski definition) is 1. The number of aryl methyl sites for hydroxylation is 1. The lowest BCUT2D eigenvalue weighted by Crippen LogP contribution is -2.19. The highest BCUT2D eigenvalue weighted by atomic mass is 16.5. The second-order valence-electron chi connectivity index (χ2n) is 4.71. The Balaban J connectivity index is 1.70. The molecular weight excluding hydrogens is 238 g/mol. The van der Waals surface area contributed by atoms with E-state index in [1.807, 2.05) is 10.9 Å². The minimum Gasteiger partial charge on any atom is -0.380 e. The molecule has 4 heteroatoms. The zero-order valence-corrected chi connectivity index (χ0v) is 11.6. The third-order valence-electron chi connectivity index (χ3n) is 2.94. The number of nitrogens with one attached hydrogen (secondary N) is 1. The van der Waals surface area contributed by atoms with E-state index in [2.05, 4.69) is 47.8 Å². The molecule has 1 N–H and O–H groups in total. The lowest BCUT2D eigenvalue weighted by atomic mass is 10.1. The molecule has 0 radical (unpaired) electrons. The van der Waals surface area contributed by atoms with Gasteiger partial charge >= 0.3 is 0 Å². The van der Waals surface area contributed by atoms with Crippen molar-refractivity contribution in [1.29, 1.82) is 0 Å². The highest BCUT2D eigenvalue weighted by Crippen LogP contribution is 2.05. The van der Waals surface area contributed by atoms with Gasteiger partial charge in [-0.2, -0.15) is 5.10 Å². The van der Waals surface area contributed by atoms with E-state index in [4.69, 9.17) is 4.74 Å². The normalized spacial score (nSPS) is 10.8. The van der Waals surface area contributed by atoms with Crippen LogP contribution in [-0.2, 0) is 24.4 Å². The van der Waals surface area contributed by atoms with Crippen molar-refractivity contribution >= 4 is 0 Å². The first-order valence-electron chi connectivity index (χ1n) is 6.54. The molecule has 0 saturated heterocycles. The van der Waals surface area contributed by atoms with Crippen molar-refractivity contribution in [3.63, 3.8) is 0 Å². The number of rotatable bonds is 7. The summed E-state index contributed by atoms with van der Waals surface area (Å²) in [6, 6.07) is 8.49. The summed E-state index contributed by atoms with van der Waals surface area (Å²) in [6.07, 6.45) is 3.94. The fraction of sp³-hybridized carbons (Fsp3) is 0.400. The SMILES string of the molecule is COCc1ccc(CNCCn2cc(C)cn2)cc1. The van der Waals surface area contributed by atoms with Gasteiger partial charge in [0, 0.05) is 26.4 Å². The number of benzene rings is 1. The standard InChI is InChI=1S/C15H21N3O/c1-13-9-17-18(11-13)8-7-16-10-14-3-5-15(6-4-14)12-19-2/h3-6,9,11,16H,7-8,10,12H2,1-2H3. The van der Waals surface area contributed by atoms with E-state index in [9.17, 15) is 0 Å². The summed E-state index contributed by atoms with van der Waals surface area (Å²) in [5.74, 6) is 0. The van der Waals surface area contributed by atoms with Crippen molar-refractivity contribution in [3.8, 4) is 0 Å². The Morgan fingerprint density at radius 3 is 2.58 bits per heavy atom. The fourth-order valence-corrected chi connectivity index (χ4v) is 1.94. The molecule has 1 heterocycles. The zero-order valence-electron chi connectivity index (χ0n) is 11.6. The van der Waals surface area contributed by atoms with Crippen LogP contribution in [0.3, 0.4) is 0 Å². The maximum Gasteiger partial charge on any atom is 0.0713 e. The van der Waals surface area contributed by atoms with Crippen LogP contribution in [0, 0.1) is 6.92 Å². The van der Waals surface area contributed by atoms with Gasteiger partial charge in [0.25, 0.3) is 0 Å². The van der Waals surface area contributed by atoms with Crippen LogP contribution < -0.4 is 5.32 Å². The number of aromatic nitrogens is 2. The Morgan fingerprint density at radius 2 is 1.95 bits per heavy atom. The average molecular weight is 259 g/mol. The molecule has 102 valence electrons. The first kappa shape index (κ1) is 13.8. The first-order chi connectivity index (χ1) is 9.28. The number of ether oxygens (including phenoxy) is 1. The van der Waals surface area contributed by atoms with Crippen molar-refractivity contribution in [2.75, 3.05) is 13.7 Å². The van der Waals surface area contributed by atoms with Gasteiger partial charge in [0.15, 0.2) is 0 Å². The molecule has 0 unspecified atom stereocenters. The molecule has 1 aromatic heterocycles. The molecule has 0 aliphatic heterocycles. The molecule has 0 fully saturated rings. The maximum atomic E-state index is 5.09. The van der Waals surface area contributed by atoms with Crippen LogP contribution >= 0.6 is 0 Å². The van der Waals surface area contributed by atoms with Crippen LogP contribution in [0.1, 0.15) is 16.7 Å². The summed E-state index contributed by atoms with van der Waals surface area (Å²) < 4.78 is 7.05. The summed E-state index contributed by atoms with van der Waals surface area (Å²) in [4.78, 5) is 0. The Kier molecular flexibility index (Phi) is 5.12. The lowest BCUT2D eigenvalue weighted by Gasteiger charge is -2.06. The summed E-state index contributed by atoms with van der Waals surface area (Å²) in [6.45, 7) is 5.43. The molecule has 0 aliphatic rings. The molecule has 0 atom stereocenters. The van der Waals surface area contributed by atoms with Crippen molar-refractivity contribution in [3.05, 3.63) is 53.3 Å². The van der Waals surface area contributed by atoms with E-state index in [1.165, 1.54) is 16.7 Å². The van der Waals surface area contributed by atoms with E-state index in [0.29, 0.717) is 6.61 Å². The van der Waals surface area contributed by atoms with Crippen LogP contribution in [0.4, 0.5) is 0 Å². The fourth-order valence-electron chi connectivity index (χ4n) is 1.94. The Morgan fingerprint density at radius 1 is 1.21 bits per heavy atom. The molecule has 0 spiro atoms. The van der Waals surface area contributed by atoms with E-state index in [-0.39, 0.29) is 0 Å². The zero-order chi connectivity index (χ0) is 13.5. The van der Waals surface area contributed by atoms with Crippen LogP contribution in [0.15, 0.2) is 36.7 Å². The van der Waals surface area contributed by atoms with Gasteiger partial charge < -0.3 is 10.1 Å². The van der Waals surface area contributed by atoms with Crippen LogP contribution in [0.5, 0.6) is 0 Å². The first-order valence-corrected chi connectivity index (χ1v) is 6.54. The van der Waals surface area contributed by atoms with Gasteiger partial charge in [-0.3, -0.25) is 4.68 Å². The van der Waals surface area contributed by atoms with E-state index >= 15 is 0 Å². The third-order valence-corrected chi connectivity index (χ3v) is 2.94. The highest BCUT2D eigenvalue weighted by Gasteiger charge is 1.96. The molecule has 0 saturated carbocycles. The minimum absolute atomic E-state index is 0.673. The van der Waals surface area contributed by atoms with E-state index in [0.717, 1.165) is 19.6 Å². The van der Waals surface area contributed by atoms with Gasteiger partial charge in [0.05, 0.1) is 19.3 Å². The minimum atomic E-state index is 0.673. The Labute approximate surface area is 114 Å². The summed E-state index contributed by atoms with van der Waals surface area (Å²) in [5, 5.41) is 7.67. The van der Waals surface area contributed by atoms with E-state index < -0.39 is 0 Å². The monoisotopic (exact) mass is 259 g/mol. The molecule has 2 aromatic rings. The number of hydrogen-bond acceptors (Lipinski definition) is 3. The largest absolute Gasteiger partial charge is 0.380 e. The Hall–Kier alpha value is -1.65. The molecule has 0 amide bonds. The van der Waals surface area contributed by atoms with Gasteiger partial charge in [-0.05, 0) is 23.6 Å².